The van der Waals surface area contributed by atoms with Crippen LogP contribution >= 0.6 is 0 Å². The molecular formula is C48H49NO. The molecule has 0 unspecified atom stereocenters. The normalized spacial score (nSPS) is 14.5. The van der Waals surface area contributed by atoms with Gasteiger partial charge in [0, 0.05) is 22.0 Å². The highest BCUT2D eigenvalue weighted by atomic mass is 16.3. The number of rotatable bonds is 5. The van der Waals surface area contributed by atoms with Crippen LogP contribution in [0.2, 0.25) is 0 Å². The highest BCUT2D eigenvalue weighted by molar-refractivity contribution is 6.11. The molecular weight excluding hydrogens is 607 g/mol. The molecule has 0 bridgehead atoms. The summed E-state index contributed by atoms with van der Waals surface area (Å²) in [5.74, 6) is 0.596. The van der Waals surface area contributed by atoms with Gasteiger partial charge < -0.3 is 9.32 Å². The van der Waals surface area contributed by atoms with Gasteiger partial charge in [-0.15, -0.1) is 0 Å². The van der Waals surface area contributed by atoms with Crippen LogP contribution < -0.4 is 4.90 Å². The molecule has 252 valence electrons. The zero-order valence-corrected chi connectivity index (χ0v) is 30.5. The molecule has 0 atom stereocenters. The Hall–Kier alpha value is -4.82. The topological polar surface area (TPSA) is 16.4 Å². The average molecular weight is 656 g/mol. The van der Waals surface area contributed by atoms with E-state index in [-0.39, 0.29) is 10.8 Å². The molecule has 50 heavy (non-hydrogen) atoms. The first-order valence-electron chi connectivity index (χ1n) is 18.6. The number of nitrogens with zero attached hydrogens (tertiary/aromatic N) is 1. The van der Waals surface area contributed by atoms with Crippen LogP contribution in [0.4, 0.5) is 17.1 Å². The number of hydrogen-bond acceptors (Lipinski definition) is 2. The Morgan fingerprint density at radius 3 is 1.90 bits per heavy atom. The predicted molar refractivity (Wildman–Crippen MR) is 215 cm³/mol. The van der Waals surface area contributed by atoms with Crippen LogP contribution in [0.15, 0.2) is 126 Å². The Labute approximate surface area is 297 Å². The molecule has 8 rings (SSSR count). The molecule has 1 aliphatic rings. The molecule has 6 aromatic carbocycles. The quantitative estimate of drug-likeness (QED) is 0.183. The first-order chi connectivity index (χ1) is 24.1. The molecule has 1 heterocycles. The molecule has 0 amide bonds. The summed E-state index contributed by atoms with van der Waals surface area (Å²) in [6, 6.07) is 45.1. The first-order valence-corrected chi connectivity index (χ1v) is 18.6. The summed E-state index contributed by atoms with van der Waals surface area (Å²) in [5, 5.41) is 4.99. The second-order valence-corrected chi connectivity index (χ2v) is 16.5. The summed E-state index contributed by atoms with van der Waals surface area (Å²) in [6.07, 6.45) is 6.52. The Bertz CT molecular complexity index is 2300. The van der Waals surface area contributed by atoms with E-state index in [2.05, 4.69) is 168 Å². The van der Waals surface area contributed by atoms with E-state index in [9.17, 15) is 0 Å². The Kier molecular flexibility index (Phi) is 8.10. The van der Waals surface area contributed by atoms with Crippen molar-refractivity contribution in [2.45, 2.75) is 90.4 Å². The van der Waals surface area contributed by atoms with E-state index in [1.54, 1.807) is 0 Å². The third-order valence-electron chi connectivity index (χ3n) is 10.9. The molecule has 0 saturated heterocycles. The second-order valence-electron chi connectivity index (χ2n) is 16.5. The lowest BCUT2D eigenvalue weighted by Gasteiger charge is -2.32. The van der Waals surface area contributed by atoms with Crippen LogP contribution in [0.25, 0.3) is 43.8 Å². The van der Waals surface area contributed by atoms with E-state index in [0.29, 0.717) is 5.92 Å². The minimum Gasteiger partial charge on any atom is -0.454 e. The van der Waals surface area contributed by atoms with Crippen LogP contribution in [0.5, 0.6) is 0 Å². The fourth-order valence-corrected chi connectivity index (χ4v) is 8.17. The summed E-state index contributed by atoms with van der Waals surface area (Å²) < 4.78 is 6.78. The third kappa shape index (κ3) is 5.79. The van der Waals surface area contributed by atoms with Crippen molar-refractivity contribution in [2.75, 3.05) is 4.90 Å². The number of fused-ring (bicyclic) bond motifs is 4. The first kappa shape index (κ1) is 32.4. The lowest BCUT2D eigenvalue weighted by Crippen LogP contribution is -2.19. The van der Waals surface area contributed by atoms with Gasteiger partial charge in [0.15, 0.2) is 5.58 Å². The lowest BCUT2D eigenvalue weighted by molar-refractivity contribution is 0.445. The monoisotopic (exact) mass is 655 g/mol. The Balaban J connectivity index is 1.45. The fraction of sp³-hybridized carbons (Fsp3) is 0.292. The van der Waals surface area contributed by atoms with Crippen molar-refractivity contribution in [3.8, 4) is 11.1 Å². The Morgan fingerprint density at radius 2 is 1.16 bits per heavy atom. The van der Waals surface area contributed by atoms with Crippen molar-refractivity contribution in [3.63, 3.8) is 0 Å². The van der Waals surface area contributed by atoms with E-state index in [1.165, 1.54) is 70.7 Å². The van der Waals surface area contributed by atoms with E-state index in [1.807, 2.05) is 0 Å². The van der Waals surface area contributed by atoms with E-state index >= 15 is 0 Å². The minimum absolute atomic E-state index is 0.0307. The van der Waals surface area contributed by atoms with Gasteiger partial charge in [-0.25, -0.2) is 0 Å². The van der Waals surface area contributed by atoms with Gasteiger partial charge in [0.25, 0.3) is 0 Å². The van der Waals surface area contributed by atoms with Crippen LogP contribution in [0.1, 0.15) is 96.3 Å². The van der Waals surface area contributed by atoms with E-state index < -0.39 is 0 Å². The summed E-state index contributed by atoms with van der Waals surface area (Å²) in [6.45, 7) is 13.9. The van der Waals surface area contributed by atoms with Crippen molar-refractivity contribution < 1.29 is 4.42 Å². The van der Waals surface area contributed by atoms with Gasteiger partial charge in [-0.05, 0) is 92.9 Å². The third-order valence-corrected chi connectivity index (χ3v) is 10.9. The van der Waals surface area contributed by atoms with Crippen LogP contribution in [-0.2, 0) is 10.8 Å². The van der Waals surface area contributed by atoms with Crippen molar-refractivity contribution in [1.29, 1.82) is 0 Å². The van der Waals surface area contributed by atoms with Gasteiger partial charge in [-0.3, -0.25) is 0 Å². The molecule has 0 aliphatic heterocycles. The maximum atomic E-state index is 6.78. The van der Waals surface area contributed by atoms with Crippen LogP contribution in [0, 0.1) is 0 Å². The zero-order valence-electron chi connectivity index (χ0n) is 30.5. The van der Waals surface area contributed by atoms with Gasteiger partial charge in [0.05, 0.1) is 11.4 Å². The molecule has 1 saturated carbocycles. The molecule has 0 N–H and O–H groups in total. The number of para-hydroxylation sites is 3. The van der Waals surface area contributed by atoms with Crippen molar-refractivity contribution >= 4 is 49.8 Å². The van der Waals surface area contributed by atoms with Gasteiger partial charge in [-0.2, -0.15) is 0 Å². The number of benzene rings is 6. The number of furan rings is 1. The van der Waals surface area contributed by atoms with Gasteiger partial charge in [0.2, 0.25) is 0 Å². The summed E-state index contributed by atoms with van der Waals surface area (Å²) >= 11 is 0. The highest BCUT2D eigenvalue weighted by Crippen LogP contribution is 2.49. The van der Waals surface area contributed by atoms with Crippen molar-refractivity contribution in [2.24, 2.45) is 0 Å². The molecule has 1 fully saturated rings. The molecule has 2 heteroatoms. The summed E-state index contributed by atoms with van der Waals surface area (Å²) in [4.78, 5) is 2.48. The largest absolute Gasteiger partial charge is 0.454 e. The van der Waals surface area contributed by atoms with Gasteiger partial charge in [-0.1, -0.05) is 152 Å². The fourth-order valence-electron chi connectivity index (χ4n) is 8.17. The van der Waals surface area contributed by atoms with Crippen molar-refractivity contribution in [1.82, 2.24) is 0 Å². The molecule has 7 aromatic rings. The van der Waals surface area contributed by atoms with E-state index in [0.717, 1.165) is 39.0 Å². The Morgan fingerprint density at radius 1 is 0.560 bits per heavy atom. The summed E-state index contributed by atoms with van der Waals surface area (Å²) in [7, 11) is 0. The van der Waals surface area contributed by atoms with Gasteiger partial charge >= 0.3 is 0 Å². The zero-order chi connectivity index (χ0) is 34.6. The van der Waals surface area contributed by atoms with Crippen LogP contribution in [-0.4, -0.2) is 0 Å². The van der Waals surface area contributed by atoms with Crippen LogP contribution in [0.3, 0.4) is 0 Å². The maximum Gasteiger partial charge on any atom is 0.159 e. The summed E-state index contributed by atoms with van der Waals surface area (Å²) in [5.41, 5.74) is 11.8. The molecule has 0 radical (unpaired) electrons. The van der Waals surface area contributed by atoms with E-state index in [4.69, 9.17) is 4.42 Å². The highest BCUT2D eigenvalue weighted by Gasteiger charge is 2.27. The smallest absolute Gasteiger partial charge is 0.159 e. The number of hydrogen-bond donors (Lipinski definition) is 0. The van der Waals surface area contributed by atoms with Gasteiger partial charge in [0.1, 0.15) is 5.58 Å². The second kappa shape index (κ2) is 12.5. The standard InChI is InChI=1S/C48H49NO/c1-47(2,3)34-29-35(48(4,5)6)31-36(30-34)49(43-27-16-25-41-39-22-11-13-28-44(39)50-46(41)43)42-26-12-10-21-38(42)40-24-15-20-33-19-14-23-37(45(33)40)32-17-8-7-9-18-32/h10-16,19-32H,7-9,17-18H2,1-6H3. The molecule has 0 spiro atoms. The SMILES string of the molecule is CC(C)(C)c1cc(N(c2ccccc2-c2cccc3cccc(C4CCCCC4)c23)c2cccc3c2oc2ccccc23)cc(C(C)(C)C)c1. The minimum atomic E-state index is -0.0307. The number of anilines is 3. The van der Waals surface area contributed by atoms with Crippen molar-refractivity contribution in [3.05, 3.63) is 138 Å². The predicted octanol–water partition coefficient (Wildman–Crippen LogP) is 14.5. The molecule has 1 aliphatic carbocycles. The molecule has 1 aromatic heterocycles. The lowest BCUT2D eigenvalue weighted by atomic mass is 9.80. The average Bonchev–Trinajstić information content (AvgIpc) is 3.51. The molecule has 2 nitrogen and oxygen atoms in total. The maximum absolute atomic E-state index is 6.78.